The Labute approximate surface area is 130 Å². The van der Waals surface area contributed by atoms with Gasteiger partial charge in [0.25, 0.3) is 0 Å². The van der Waals surface area contributed by atoms with E-state index in [0.717, 1.165) is 0 Å². The summed E-state index contributed by atoms with van der Waals surface area (Å²) in [4.78, 5) is 6.73. The third kappa shape index (κ3) is 4.22. The molecule has 0 unspecified atom stereocenters. The van der Waals surface area contributed by atoms with Crippen LogP contribution in [0.15, 0.2) is 34.5 Å². The van der Waals surface area contributed by atoms with E-state index in [9.17, 15) is 0 Å². The molecule has 0 aliphatic carbocycles. The van der Waals surface area contributed by atoms with Crippen LogP contribution in [0, 0.1) is 4.64 Å². The molecule has 5 N–H and O–H groups in total. The highest BCUT2D eigenvalue weighted by Gasteiger charge is 2.07. The van der Waals surface area contributed by atoms with Gasteiger partial charge in [0, 0.05) is 11.6 Å². The fourth-order valence-electron chi connectivity index (χ4n) is 1.50. The molecule has 1 aromatic carbocycles. The highest BCUT2D eigenvalue weighted by Crippen LogP contribution is 2.27. The maximum absolute atomic E-state index is 8.88. The zero-order chi connectivity index (χ0) is 15.2. The van der Waals surface area contributed by atoms with Gasteiger partial charge in [-0.1, -0.05) is 23.8 Å². The molecular formula is C12H13ClN6OS. The van der Waals surface area contributed by atoms with Crippen LogP contribution in [0.2, 0.25) is 5.02 Å². The molecule has 0 fully saturated rings. The Balaban J connectivity index is 2.33. The molecule has 0 saturated carbocycles. The first-order valence-corrected chi connectivity index (χ1v) is 6.80. The Morgan fingerprint density at radius 2 is 2.05 bits per heavy atom. The van der Waals surface area contributed by atoms with E-state index in [1.54, 1.807) is 24.3 Å². The van der Waals surface area contributed by atoms with Crippen LogP contribution in [-0.2, 0) is 0 Å². The lowest BCUT2D eigenvalue weighted by molar-refractivity contribution is 0.311. The molecule has 0 radical (unpaired) electrons. The lowest BCUT2D eigenvalue weighted by Gasteiger charge is -2.08. The number of aromatic amines is 1. The number of aromatic nitrogens is 2. The molecule has 0 amide bonds. The number of hydrogen-bond donors (Lipinski definition) is 4. The lowest BCUT2D eigenvalue weighted by Crippen LogP contribution is -2.09. The van der Waals surface area contributed by atoms with Crippen LogP contribution in [0.1, 0.15) is 0 Å². The van der Waals surface area contributed by atoms with Gasteiger partial charge in [-0.05, 0) is 24.3 Å². The molecule has 1 heterocycles. The minimum absolute atomic E-state index is 0.0450. The van der Waals surface area contributed by atoms with E-state index in [2.05, 4.69) is 25.5 Å². The van der Waals surface area contributed by atoms with E-state index in [1.807, 2.05) is 0 Å². The molecule has 9 heteroatoms. The number of nitrogens with zero attached hydrogens (tertiary/aromatic N) is 3. The standard InChI is InChI=1S/C12H13ClN6OS/c13-7-1-3-8(4-2-7)18-19-9-10(15-5-6-20)16-12(14)17-11(9)21/h1-4,20H,5-6H2,(H4,14,15,16,17,21). The Morgan fingerprint density at radius 1 is 1.33 bits per heavy atom. The summed E-state index contributed by atoms with van der Waals surface area (Å²) in [5, 5.41) is 20.6. The number of H-pyrrole nitrogens is 1. The second-order valence-corrected chi connectivity index (χ2v) is 4.80. The fourth-order valence-corrected chi connectivity index (χ4v) is 1.87. The average Bonchev–Trinajstić information content (AvgIpc) is 2.45. The molecule has 0 saturated heterocycles. The van der Waals surface area contributed by atoms with Crippen molar-refractivity contribution in [2.75, 3.05) is 24.2 Å². The second-order valence-electron chi connectivity index (χ2n) is 3.98. The minimum Gasteiger partial charge on any atom is -0.395 e. The Hall–Kier alpha value is -2.03. The molecule has 7 nitrogen and oxygen atoms in total. The van der Waals surface area contributed by atoms with Crippen molar-refractivity contribution in [1.29, 1.82) is 0 Å². The number of benzene rings is 1. The Kier molecular flexibility index (Phi) is 5.20. The number of azo groups is 1. The predicted molar refractivity (Wildman–Crippen MR) is 85.0 cm³/mol. The van der Waals surface area contributed by atoms with E-state index in [-0.39, 0.29) is 17.2 Å². The third-order valence-corrected chi connectivity index (χ3v) is 2.96. The van der Waals surface area contributed by atoms with Crippen LogP contribution in [0.25, 0.3) is 0 Å². The third-order valence-electron chi connectivity index (χ3n) is 2.42. The summed E-state index contributed by atoms with van der Waals surface area (Å²) in [5.41, 5.74) is 6.57. The molecule has 21 heavy (non-hydrogen) atoms. The minimum atomic E-state index is -0.0450. The zero-order valence-electron chi connectivity index (χ0n) is 10.9. The van der Waals surface area contributed by atoms with Crippen molar-refractivity contribution in [1.82, 2.24) is 9.97 Å². The number of nitrogens with two attached hydrogens (primary N) is 1. The number of nitrogens with one attached hydrogen (secondary N) is 2. The molecule has 0 aliphatic rings. The van der Waals surface area contributed by atoms with E-state index >= 15 is 0 Å². The van der Waals surface area contributed by atoms with Crippen LogP contribution in [0.3, 0.4) is 0 Å². The van der Waals surface area contributed by atoms with Gasteiger partial charge < -0.3 is 21.1 Å². The van der Waals surface area contributed by atoms with Gasteiger partial charge in [-0.15, -0.1) is 5.11 Å². The van der Waals surface area contributed by atoms with Crippen molar-refractivity contribution >= 4 is 47.0 Å². The number of nitrogen functional groups attached to an aromatic ring is 1. The van der Waals surface area contributed by atoms with Crippen molar-refractivity contribution in [2.24, 2.45) is 10.2 Å². The molecule has 1 aromatic heterocycles. The van der Waals surface area contributed by atoms with Gasteiger partial charge in [0.2, 0.25) is 0 Å². The molecule has 2 aromatic rings. The maximum atomic E-state index is 8.88. The molecule has 0 spiro atoms. The molecular weight excluding hydrogens is 312 g/mol. The quantitative estimate of drug-likeness (QED) is 0.498. The Bertz CT molecular complexity index is 700. The van der Waals surface area contributed by atoms with Crippen LogP contribution in [-0.4, -0.2) is 28.2 Å². The van der Waals surface area contributed by atoms with Gasteiger partial charge in [-0.3, -0.25) is 0 Å². The summed E-state index contributed by atoms with van der Waals surface area (Å²) in [7, 11) is 0. The summed E-state index contributed by atoms with van der Waals surface area (Å²) in [6.07, 6.45) is 0. The van der Waals surface area contributed by atoms with Gasteiger partial charge >= 0.3 is 0 Å². The molecule has 110 valence electrons. The highest BCUT2D eigenvalue weighted by molar-refractivity contribution is 7.71. The van der Waals surface area contributed by atoms with Crippen LogP contribution < -0.4 is 11.1 Å². The fraction of sp³-hybridized carbons (Fsp3) is 0.167. The van der Waals surface area contributed by atoms with Gasteiger partial charge in [0.15, 0.2) is 16.3 Å². The van der Waals surface area contributed by atoms with E-state index in [4.69, 9.17) is 34.7 Å². The van der Waals surface area contributed by atoms with Gasteiger partial charge in [-0.2, -0.15) is 5.11 Å². The number of aliphatic hydroxyl groups is 1. The summed E-state index contributed by atoms with van der Waals surface area (Å²) >= 11 is 10.9. The van der Waals surface area contributed by atoms with Gasteiger partial charge in [0.05, 0.1) is 12.3 Å². The first-order chi connectivity index (χ1) is 10.1. The van der Waals surface area contributed by atoms with Crippen molar-refractivity contribution in [3.05, 3.63) is 33.9 Å². The average molecular weight is 325 g/mol. The van der Waals surface area contributed by atoms with Gasteiger partial charge in [0.1, 0.15) is 5.82 Å². The van der Waals surface area contributed by atoms with Gasteiger partial charge in [-0.25, -0.2) is 4.98 Å². The lowest BCUT2D eigenvalue weighted by atomic mass is 10.3. The van der Waals surface area contributed by atoms with E-state index in [0.29, 0.717) is 28.8 Å². The number of halogens is 1. The molecule has 0 aliphatic heterocycles. The number of aliphatic hydroxyl groups excluding tert-OH is 1. The van der Waals surface area contributed by atoms with Crippen molar-refractivity contribution in [2.45, 2.75) is 0 Å². The smallest absolute Gasteiger partial charge is 0.200 e. The van der Waals surface area contributed by atoms with Crippen molar-refractivity contribution in [3.63, 3.8) is 0 Å². The van der Waals surface area contributed by atoms with E-state index in [1.165, 1.54) is 0 Å². The molecule has 0 bridgehead atoms. The van der Waals surface area contributed by atoms with E-state index < -0.39 is 0 Å². The summed E-state index contributed by atoms with van der Waals surface area (Å²) in [6, 6.07) is 6.87. The van der Waals surface area contributed by atoms with Crippen molar-refractivity contribution in [3.8, 4) is 0 Å². The molecule has 0 atom stereocenters. The molecule has 2 rings (SSSR count). The Morgan fingerprint density at radius 3 is 2.71 bits per heavy atom. The topological polar surface area (TPSA) is 112 Å². The first kappa shape index (κ1) is 15.4. The van der Waals surface area contributed by atoms with Crippen LogP contribution in [0.4, 0.5) is 23.1 Å². The summed E-state index contributed by atoms with van der Waals surface area (Å²) in [6.45, 7) is 0.273. The highest BCUT2D eigenvalue weighted by atomic mass is 35.5. The predicted octanol–water partition coefficient (Wildman–Crippen LogP) is 3.19. The van der Waals surface area contributed by atoms with Crippen molar-refractivity contribution < 1.29 is 5.11 Å². The number of rotatable bonds is 5. The number of anilines is 2. The normalized spacial score (nSPS) is 11.0. The van der Waals surface area contributed by atoms with Crippen LogP contribution >= 0.6 is 23.8 Å². The first-order valence-electron chi connectivity index (χ1n) is 6.02. The summed E-state index contributed by atoms with van der Waals surface area (Å²) < 4.78 is 0.212. The van der Waals surface area contributed by atoms with Crippen LogP contribution in [0.5, 0.6) is 0 Å². The maximum Gasteiger partial charge on any atom is 0.200 e. The number of hydrogen-bond acceptors (Lipinski definition) is 7. The zero-order valence-corrected chi connectivity index (χ0v) is 12.4. The monoisotopic (exact) mass is 324 g/mol. The largest absolute Gasteiger partial charge is 0.395 e. The SMILES string of the molecule is Nc1nc(=S)c(N=Nc2ccc(Cl)cc2)c(NCCO)[nH]1. The summed E-state index contributed by atoms with van der Waals surface area (Å²) in [5.74, 6) is 0.616. The second kappa shape index (κ2) is 7.11.